The number of nitrogens with one attached hydrogen (secondary N) is 2. The predicted molar refractivity (Wildman–Crippen MR) is 111 cm³/mol. The van der Waals surface area contributed by atoms with Gasteiger partial charge >= 0.3 is 0 Å². The number of ether oxygens (including phenoxy) is 2. The molecule has 0 saturated heterocycles. The summed E-state index contributed by atoms with van der Waals surface area (Å²) in [5.41, 5.74) is 2.06. The summed E-state index contributed by atoms with van der Waals surface area (Å²) >= 11 is 0. The van der Waals surface area contributed by atoms with E-state index in [9.17, 15) is 13.2 Å². The van der Waals surface area contributed by atoms with Gasteiger partial charge in [-0.15, -0.1) is 0 Å². The van der Waals surface area contributed by atoms with Crippen molar-refractivity contribution in [3.63, 3.8) is 0 Å². The van der Waals surface area contributed by atoms with E-state index in [0.29, 0.717) is 35.8 Å². The molecule has 1 aliphatic rings. The number of sulfonamides is 1. The number of benzene rings is 2. The first-order valence-electron chi connectivity index (χ1n) is 9.30. The van der Waals surface area contributed by atoms with Crippen LogP contribution in [0.2, 0.25) is 0 Å². The van der Waals surface area contributed by atoms with Gasteiger partial charge in [-0.05, 0) is 49.2 Å². The van der Waals surface area contributed by atoms with E-state index in [0.717, 1.165) is 9.87 Å². The number of nitrogens with zero attached hydrogens (tertiary/aromatic N) is 1. The minimum atomic E-state index is -3.60. The molecule has 0 aliphatic carbocycles. The van der Waals surface area contributed by atoms with E-state index >= 15 is 0 Å². The van der Waals surface area contributed by atoms with Crippen molar-refractivity contribution in [2.45, 2.75) is 24.7 Å². The molecule has 1 amide bonds. The van der Waals surface area contributed by atoms with Crippen LogP contribution in [0.5, 0.6) is 11.5 Å². The Labute approximate surface area is 170 Å². The molecule has 3 rings (SSSR count). The lowest BCUT2D eigenvalue weighted by atomic mass is 10.1. The highest BCUT2D eigenvalue weighted by atomic mass is 32.2. The van der Waals surface area contributed by atoms with E-state index in [1.165, 1.54) is 26.2 Å². The van der Waals surface area contributed by atoms with E-state index < -0.39 is 10.0 Å². The van der Waals surface area contributed by atoms with E-state index in [1.54, 1.807) is 6.07 Å². The molecule has 29 heavy (non-hydrogen) atoms. The fourth-order valence-electron chi connectivity index (χ4n) is 2.91. The van der Waals surface area contributed by atoms with E-state index in [2.05, 4.69) is 10.6 Å². The van der Waals surface area contributed by atoms with Gasteiger partial charge in [0.2, 0.25) is 22.7 Å². The molecule has 0 bridgehead atoms. The molecule has 0 aromatic heterocycles. The molecule has 0 spiro atoms. The van der Waals surface area contributed by atoms with E-state index in [1.807, 2.05) is 25.1 Å². The number of carbonyl (C=O) groups excluding carboxylic acids is 1. The molecule has 0 atom stereocenters. The first kappa shape index (κ1) is 20.9. The Balaban J connectivity index is 1.72. The summed E-state index contributed by atoms with van der Waals surface area (Å²) in [5, 5.41) is 5.97. The molecule has 8 nitrogen and oxygen atoms in total. The summed E-state index contributed by atoms with van der Waals surface area (Å²) in [6.45, 7) is 2.77. The molecule has 0 radical (unpaired) electrons. The Morgan fingerprint density at radius 2 is 1.83 bits per heavy atom. The lowest BCUT2D eigenvalue weighted by Crippen LogP contribution is -2.22. The van der Waals surface area contributed by atoms with Crippen LogP contribution >= 0.6 is 0 Å². The van der Waals surface area contributed by atoms with Gasteiger partial charge in [-0.3, -0.25) is 4.79 Å². The molecule has 9 heteroatoms. The maximum atomic E-state index is 12.5. The minimum Gasteiger partial charge on any atom is -0.454 e. The second-order valence-corrected chi connectivity index (χ2v) is 8.91. The fraction of sp³-hybridized carbons (Fsp3) is 0.350. The summed E-state index contributed by atoms with van der Waals surface area (Å²) < 4.78 is 36.6. The van der Waals surface area contributed by atoms with Crippen molar-refractivity contribution in [3.8, 4) is 11.5 Å². The average molecular weight is 420 g/mol. The summed E-state index contributed by atoms with van der Waals surface area (Å²) in [4.78, 5) is 12.6. The van der Waals surface area contributed by atoms with E-state index in [4.69, 9.17) is 9.47 Å². The van der Waals surface area contributed by atoms with Crippen LogP contribution in [-0.2, 0) is 21.2 Å². The molecule has 156 valence electrons. The Morgan fingerprint density at radius 3 is 2.55 bits per heavy atom. The van der Waals surface area contributed by atoms with Gasteiger partial charge in [-0.1, -0.05) is 6.07 Å². The van der Waals surface area contributed by atoms with Gasteiger partial charge in [0.15, 0.2) is 11.5 Å². The average Bonchev–Trinajstić information content (AvgIpc) is 3.15. The van der Waals surface area contributed by atoms with Crippen LogP contribution in [0.3, 0.4) is 0 Å². The molecule has 0 saturated carbocycles. The minimum absolute atomic E-state index is 0.121. The molecule has 2 aromatic carbocycles. The van der Waals surface area contributed by atoms with Crippen molar-refractivity contribution in [3.05, 3.63) is 42.0 Å². The lowest BCUT2D eigenvalue weighted by molar-refractivity contribution is -0.116. The molecular weight excluding hydrogens is 394 g/mol. The number of aryl methyl sites for hydroxylation is 1. The summed E-state index contributed by atoms with van der Waals surface area (Å²) in [7, 11) is -0.661. The largest absolute Gasteiger partial charge is 0.454 e. The Hall–Kier alpha value is -2.78. The Morgan fingerprint density at radius 1 is 1.07 bits per heavy atom. The van der Waals surface area contributed by atoms with Gasteiger partial charge < -0.3 is 20.1 Å². The number of fused-ring (bicyclic) bond motifs is 1. The number of hydrogen-bond donors (Lipinski definition) is 2. The molecular formula is C20H25N3O5S. The van der Waals surface area contributed by atoms with Crippen LogP contribution in [0.1, 0.15) is 18.9 Å². The van der Waals surface area contributed by atoms with Crippen LogP contribution in [0.15, 0.2) is 41.3 Å². The van der Waals surface area contributed by atoms with Crippen molar-refractivity contribution in [1.29, 1.82) is 0 Å². The van der Waals surface area contributed by atoms with Crippen molar-refractivity contribution >= 4 is 27.3 Å². The van der Waals surface area contributed by atoms with E-state index in [-0.39, 0.29) is 24.0 Å². The van der Waals surface area contributed by atoms with Crippen LogP contribution < -0.4 is 20.1 Å². The van der Waals surface area contributed by atoms with Crippen molar-refractivity contribution in [2.24, 2.45) is 0 Å². The molecule has 2 N–H and O–H groups in total. The highest BCUT2D eigenvalue weighted by Gasteiger charge is 2.20. The summed E-state index contributed by atoms with van der Waals surface area (Å²) in [5.74, 6) is 1.17. The third-order valence-corrected chi connectivity index (χ3v) is 6.30. The van der Waals surface area contributed by atoms with Crippen LogP contribution in [-0.4, -0.2) is 46.1 Å². The maximum Gasteiger partial charge on any atom is 0.242 e. The van der Waals surface area contributed by atoms with Crippen LogP contribution in [0.25, 0.3) is 0 Å². The highest BCUT2D eigenvalue weighted by molar-refractivity contribution is 7.89. The van der Waals surface area contributed by atoms with Crippen molar-refractivity contribution in [1.82, 2.24) is 4.31 Å². The lowest BCUT2D eigenvalue weighted by Gasteiger charge is -2.16. The standard InChI is InChI=1S/C20H25N3O5S/c1-4-21-16-8-7-15(29(25,26)23(2)3)12-17(16)22-20(24)10-6-14-5-9-18-19(11-14)28-13-27-18/h5,7-9,11-12,21H,4,6,10,13H2,1-3H3,(H,22,24). The summed E-state index contributed by atoms with van der Waals surface area (Å²) in [6.07, 6.45) is 0.768. The fourth-order valence-corrected chi connectivity index (χ4v) is 3.84. The number of hydrogen-bond acceptors (Lipinski definition) is 6. The SMILES string of the molecule is CCNc1ccc(S(=O)(=O)N(C)C)cc1NC(=O)CCc1ccc2c(c1)OCO2. The second-order valence-electron chi connectivity index (χ2n) is 6.76. The van der Waals surface area contributed by atoms with Gasteiger partial charge in [-0.25, -0.2) is 12.7 Å². The van der Waals surface area contributed by atoms with Crippen molar-refractivity contribution < 1.29 is 22.7 Å². The Bertz CT molecular complexity index is 1010. The molecule has 0 unspecified atom stereocenters. The number of amides is 1. The zero-order chi connectivity index (χ0) is 21.0. The predicted octanol–water partition coefficient (Wildman–Crippen LogP) is 2.67. The molecule has 1 heterocycles. The van der Waals surface area contributed by atoms with Gasteiger partial charge in [0.25, 0.3) is 0 Å². The second kappa shape index (κ2) is 8.71. The summed E-state index contributed by atoms with van der Waals surface area (Å²) in [6, 6.07) is 10.3. The molecule has 2 aromatic rings. The van der Waals surface area contributed by atoms with Crippen LogP contribution in [0, 0.1) is 0 Å². The number of carbonyl (C=O) groups is 1. The van der Waals surface area contributed by atoms with Crippen molar-refractivity contribution in [2.75, 3.05) is 38.1 Å². The highest BCUT2D eigenvalue weighted by Crippen LogP contribution is 2.33. The van der Waals surface area contributed by atoms with Gasteiger partial charge in [-0.2, -0.15) is 0 Å². The smallest absolute Gasteiger partial charge is 0.242 e. The molecule has 1 aliphatic heterocycles. The zero-order valence-corrected chi connectivity index (χ0v) is 17.5. The zero-order valence-electron chi connectivity index (χ0n) is 16.7. The monoisotopic (exact) mass is 419 g/mol. The topological polar surface area (TPSA) is 97.0 Å². The Kier molecular flexibility index (Phi) is 6.29. The normalized spacial score (nSPS) is 12.8. The van der Waals surface area contributed by atoms with Gasteiger partial charge in [0, 0.05) is 27.1 Å². The maximum absolute atomic E-state index is 12.5. The van der Waals surface area contributed by atoms with Gasteiger partial charge in [0.1, 0.15) is 0 Å². The number of rotatable bonds is 8. The van der Waals surface area contributed by atoms with Gasteiger partial charge in [0.05, 0.1) is 16.3 Å². The van der Waals surface area contributed by atoms with Crippen LogP contribution in [0.4, 0.5) is 11.4 Å². The number of anilines is 2. The first-order chi connectivity index (χ1) is 13.8. The quantitative estimate of drug-likeness (QED) is 0.683. The third kappa shape index (κ3) is 4.80. The third-order valence-electron chi connectivity index (χ3n) is 4.49. The molecule has 0 fully saturated rings. The first-order valence-corrected chi connectivity index (χ1v) is 10.7.